The van der Waals surface area contributed by atoms with Crippen LogP contribution in [0.1, 0.15) is 0 Å². The van der Waals surface area contributed by atoms with Crippen LogP contribution >= 0.6 is 0 Å². The molecule has 0 atom stereocenters. The first-order valence-electron chi connectivity index (χ1n) is 4.69. The fourth-order valence-electron chi connectivity index (χ4n) is 1.45. The average Bonchev–Trinajstić information content (AvgIpc) is 2.66. The highest BCUT2D eigenvalue weighted by Gasteiger charge is 2.07. The minimum atomic E-state index is -0.952. The van der Waals surface area contributed by atoms with E-state index in [-0.39, 0.29) is 12.3 Å². The van der Waals surface area contributed by atoms with Crippen LogP contribution in [0.3, 0.4) is 0 Å². The minimum absolute atomic E-state index is 0.150. The van der Waals surface area contributed by atoms with E-state index in [1.807, 2.05) is 0 Å². The van der Waals surface area contributed by atoms with Crippen LogP contribution in [0, 0.1) is 0 Å². The highest BCUT2D eigenvalue weighted by atomic mass is 16.4. The van der Waals surface area contributed by atoms with Crippen LogP contribution in [-0.2, 0) is 11.3 Å². The molecule has 5 heteroatoms. The van der Waals surface area contributed by atoms with Gasteiger partial charge in [-0.25, -0.2) is 0 Å². The number of carboxylic acids is 1. The summed E-state index contributed by atoms with van der Waals surface area (Å²) in [5.41, 5.74) is 1.33. The number of hydrogen-bond donors (Lipinski definition) is 2. The Morgan fingerprint density at radius 2 is 2.12 bits per heavy atom. The van der Waals surface area contributed by atoms with Crippen molar-refractivity contribution >= 4 is 5.97 Å². The molecule has 0 amide bonds. The van der Waals surface area contributed by atoms with E-state index in [1.165, 1.54) is 10.9 Å². The van der Waals surface area contributed by atoms with E-state index in [4.69, 9.17) is 5.11 Å². The number of aromatic nitrogens is 2. The van der Waals surface area contributed by atoms with Crippen molar-refractivity contribution in [3.63, 3.8) is 0 Å². The summed E-state index contributed by atoms with van der Waals surface area (Å²) in [5, 5.41) is 22.1. The summed E-state index contributed by atoms with van der Waals surface area (Å²) in [6, 6.07) is 6.84. The normalized spacial score (nSPS) is 10.2. The number of aromatic hydroxyl groups is 1. The van der Waals surface area contributed by atoms with Gasteiger partial charge in [-0.05, 0) is 6.07 Å². The van der Waals surface area contributed by atoms with Gasteiger partial charge >= 0.3 is 5.97 Å². The van der Waals surface area contributed by atoms with Crippen LogP contribution in [0.4, 0.5) is 0 Å². The van der Waals surface area contributed by atoms with E-state index < -0.39 is 5.97 Å². The maximum atomic E-state index is 10.5. The second-order valence-corrected chi connectivity index (χ2v) is 3.34. The first kappa shape index (κ1) is 10.2. The molecule has 0 aliphatic heterocycles. The van der Waals surface area contributed by atoms with Gasteiger partial charge in [-0.3, -0.25) is 9.48 Å². The lowest BCUT2D eigenvalue weighted by Crippen LogP contribution is -2.08. The molecule has 0 bridgehead atoms. The molecule has 0 fully saturated rings. The number of nitrogens with zero attached hydrogens (tertiary/aromatic N) is 2. The first-order chi connectivity index (χ1) is 7.66. The van der Waals surface area contributed by atoms with Gasteiger partial charge in [0.15, 0.2) is 0 Å². The lowest BCUT2D eigenvalue weighted by molar-refractivity contribution is -0.137. The number of aliphatic carboxylic acids is 1. The van der Waals surface area contributed by atoms with Crippen LogP contribution in [0.2, 0.25) is 0 Å². The molecule has 5 nitrogen and oxygen atoms in total. The molecule has 16 heavy (non-hydrogen) atoms. The number of carboxylic acid groups (broad SMARTS) is 1. The van der Waals surface area contributed by atoms with Gasteiger partial charge in [0.05, 0.1) is 6.20 Å². The molecule has 0 radical (unpaired) electrons. The van der Waals surface area contributed by atoms with Crippen LogP contribution in [0.5, 0.6) is 5.75 Å². The predicted octanol–water partition coefficient (Wildman–Crippen LogP) is 1.34. The van der Waals surface area contributed by atoms with Crippen LogP contribution in [-0.4, -0.2) is 26.0 Å². The summed E-state index contributed by atoms with van der Waals surface area (Å²) in [7, 11) is 0. The molecule has 2 N–H and O–H groups in total. The molecule has 0 saturated heterocycles. The summed E-state index contributed by atoms with van der Waals surface area (Å²) in [6.07, 6.45) is 3.11. The molecule has 2 rings (SSSR count). The Bertz CT molecular complexity index is 519. The Balaban J connectivity index is 2.32. The van der Waals surface area contributed by atoms with Crippen LogP contribution in [0.25, 0.3) is 11.1 Å². The molecule has 0 aliphatic rings. The van der Waals surface area contributed by atoms with Crippen molar-refractivity contribution in [2.24, 2.45) is 0 Å². The molecule has 82 valence electrons. The van der Waals surface area contributed by atoms with E-state index in [0.717, 1.165) is 0 Å². The zero-order chi connectivity index (χ0) is 11.5. The molecule has 1 aromatic carbocycles. The zero-order valence-corrected chi connectivity index (χ0v) is 8.37. The van der Waals surface area contributed by atoms with Gasteiger partial charge in [-0.1, -0.05) is 18.2 Å². The van der Waals surface area contributed by atoms with E-state index in [1.54, 1.807) is 30.5 Å². The highest BCUT2D eigenvalue weighted by molar-refractivity contribution is 5.70. The Morgan fingerprint density at radius 3 is 2.81 bits per heavy atom. The second kappa shape index (κ2) is 4.06. The smallest absolute Gasteiger partial charge is 0.325 e. The third-order valence-corrected chi connectivity index (χ3v) is 2.15. The van der Waals surface area contributed by atoms with E-state index in [0.29, 0.717) is 11.1 Å². The van der Waals surface area contributed by atoms with Crippen molar-refractivity contribution < 1.29 is 15.0 Å². The van der Waals surface area contributed by atoms with Gasteiger partial charge in [0, 0.05) is 17.3 Å². The summed E-state index contributed by atoms with van der Waals surface area (Å²) >= 11 is 0. The maximum Gasteiger partial charge on any atom is 0.325 e. The standard InChI is InChI=1S/C11H10N2O3/c14-10-4-2-1-3-9(10)8-5-12-13(6-8)7-11(15)16/h1-6,14H,7H2,(H,15,16). The summed E-state index contributed by atoms with van der Waals surface area (Å²) in [5.74, 6) is -0.802. The minimum Gasteiger partial charge on any atom is -0.507 e. The molecule has 1 aromatic heterocycles. The Hall–Kier alpha value is -2.30. The van der Waals surface area contributed by atoms with Gasteiger partial charge < -0.3 is 10.2 Å². The molecule has 1 heterocycles. The number of hydrogen-bond acceptors (Lipinski definition) is 3. The van der Waals surface area contributed by atoms with Gasteiger partial charge in [0.2, 0.25) is 0 Å². The van der Waals surface area contributed by atoms with Gasteiger partial charge in [-0.2, -0.15) is 5.10 Å². The number of rotatable bonds is 3. The largest absolute Gasteiger partial charge is 0.507 e. The molecular weight excluding hydrogens is 208 g/mol. The topological polar surface area (TPSA) is 75.3 Å². The molecule has 0 aliphatic carbocycles. The van der Waals surface area contributed by atoms with Crippen molar-refractivity contribution in [2.45, 2.75) is 6.54 Å². The molecular formula is C11H10N2O3. The lowest BCUT2D eigenvalue weighted by Gasteiger charge is -1.99. The monoisotopic (exact) mass is 218 g/mol. The fraction of sp³-hybridized carbons (Fsp3) is 0.0909. The number of carbonyl (C=O) groups is 1. The third-order valence-electron chi connectivity index (χ3n) is 2.15. The number of benzene rings is 1. The van der Waals surface area contributed by atoms with Crippen LogP contribution in [0.15, 0.2) is 36.7 Å². The Labute approximate surface area is 91.6 Å². The first-order valence-corrected chi connectivity index (χ1v) is 4.69. The summed E-state index contributed by atoms with van der Waals surface area (Å²) in [6.45, 7) is -0.187. The number of para-hydroxylation sites is 1. The fourth-order valence-corrected chi connectivity index (χ4v) is 1.45. The highest BCUT2D eigenvalue weighted by Crippen LogP contribution is 2.27. The molecule has 0 unspecified atom stereocenters. The van der Waals surface area contributed by atoms with Crippen LogP contribution < -0.4 is 0 Å². The van der Waals surface area contributed by atoms with Crippen molar-refractivity contribution in [1.82, 2.24) is 9.78 Å². The lowest BCUT2D eigenvalue weighted by atomic mass is 10.1. The number of phenolic OH excluding ortho intramolecular Hbond substituents is 1. The van der Waals surface area contributed by atoms with E-state index in [2.05, 4.69) is 5.10 Å². The molecule has 0 spiro atoms. The SMILES string of the molecule is O=C(O)Cn1cc(-c2ccccc2O)cn1. The van der Waals surface area contributed by atoms with Gasteiger partial charge in [0.1, 0.15) is 12.3 Å². The van der Waals surface area contributed by atoms with E-state index >= 15 is 0 Å². The average molecular weight is 218 g/mol. The third kappa shape index (κ3) is 2.03. The summed E-state index contributed by atoms with van der Waals surface area (Å²) in [4.78, 5) is 10.5. The van der Waals surface area contributed by atoms with Crippen molar-refractivity contribution in [3.05, 3.63) is 36.7 Å². The Kier molecular flexibility index (Phi) is 2.59. The predicted molar refractivity (Wildman–Crippen MR) is 57.0 cm³/mol. The zero-order valence-electron chi connectivity index (χ0n) is 8.37. The summed E-state index contributed by atoms with van der Waals surface area (Å²) < 4.78 is 1.31. The number of phenols is 1. The molecule has 0 saturated carbocycles. The maximum absolute atomic E-state index is 10.5. The van der Waals surface area contributed by atoms with E-state index in [9.17, 15) is 9.90 Å². The van der Waals surface area contributed by atoms with Gasteiger partial charge in [0.25, 0.3) is 0 Å². The van der Waals surface area contributed by atoms with Gasteiger partial charge in [-0.15, -0.1) is 0 Å². The van der Waals surface area contributed by atoms with Crippen molar-refractivity contribution in [3.8, 4) is 16.9 Å². The van der Waals surface area contributed by atoms with Crippen molar-refractivity contribution in [2.75, 3.05) is 0 Å². The van der Waals surface area contributed by atoms with Crippen molar-refractivity contribution in [1.29, 1.82) is 0 Å². The second-order valence-electron chi connectivity index (χ2n) is 3.34. The quantitative estimate of drug-likeness (QED) is 0.815. The molecule has 2 aromatic rings. The Morgan fingerprint density at radius 1 is 1.38 bits per heavy atom.